The minimum absolute atomic E-state index is 0.350. The third-order valence-corrected chi connectivity index (χ3v) is 4.75. The summed E-state index contributed by atoms with van der Waals surface area (Å²) >= 11 is 0. The highest BCUT2D eigenvalue weighted by Crippen LogP contribution is 2.31. The van der Waals surface area contributed by atoms with E-state index in [9.17, 15) is 0 Å². The molecule has 112 valence electrons. The van der Waals surface area contributed by atoms with Crippen molar-refractivity contribution in [1.82, 2.24) is 5.32 Å². The Bertz CT molecular complexity index is 429. The average Bonchev–Trinajstić information content (AvgIpc) is 2.47. The summed E-state index contributed by atoms with van der Waals surface area (Å²) in [6, 6.07) is 7.52. The lowest BCUT2D eigenvalue weighted by Gasteiger charge is -2.34. The van der Waals surface area contributed by atoms with E-state index in [-0.39, 0.29) is 0 Å². The molecule has 0 saturated heterocycles. The van der Waals surface area contributed by atoms with Crippen molar-refractivity contribution in [3.8, 4) is 5.75 Å². The van der Waals surface area contributed by atoms with Gasteiger partial charge in [0, 0.05) is 17.6 Å². The topological polar surface area (TPSA) is 21.3 Å². The molecule has 3 atom stereocenters. The van der Waals surface area contributed by atoms with E-state index >= 15 is 0 Å². The van der Waals surface area contributed by atoms with Crippen molar-refractivity contribution in [3.05, 3.63) is 29.3 Å². The highest BCUT2D eigenvalue weighted by Gasteiger charge is 2.25. The van der Waals surface area contributed by atoms with Crippen LogP contribution in [0, 0.1) is 12.8 Å². The van der Waals surface area contributed by atoms with Gasteiger partial charge in [-0.3, -0.25) is 0 Å². The van der Waals surface area contributed by atoms with Gasteiger partial charge in [-0.05, 0) is 44.2 Å². The normalized spacial score (nSPS) is 24.4. The van der Waals surface area contributed by atoms with E-state index < -0.39 is 0 Å². The van der Waals surface area contributed by atoms with E-state index in [4.69, 9.17) is 4.74 Å². The first-order valence-electron chi connectivity index (χ1n) is 8.06. The van der Waals surface area contributed by atoms with Crippen molar-refractivity contribution in [1.29, 1.82) is 0 Å². The van der Waals surface area contributed by atoms with Crippen molar-refractivity contribution >= 4 is 0 Å². The minimum atomic E-state index is 0.350. The summed E-state index contributed by atoms with van der Waals surface area (Å²) in [6.45, 7) is 6.69. The highest BCUT2D eigenvalue weighted by atomic mass is 16.5. The number of ether oxygens (including phenoxy) is 1. The summed E-state index contributed by atoms with van der Waals surface area (Å²) < 4.78 is 5.55. The molecule has 1 aliphatic rings. The van der Waals surface area contributed by atoms with Gasteiger partial charge in [0.05, 0.1) is 7.11 Å². The van der Waals surface area contributed by atoms with E-state index in [0.29, 0.717) is 12.1 Å². The summed E-state index contributed by atoms with van der Waals surface area (Å²) in [5.41, 5.74) is 2.53. The van der Waals surface area contributed by atoms with Crippen LogP contribution in [0.3, 0.4) is 0 Å². The van der Waals surface area contributed by atoms with Crippen molar-refractivity contribution in [2.45, 2.75) is 65.0 Å². The number of hydrogen-bond donors (Lipinski definition) is 1. The van der Waals surface area contributed by atoms with Crippen molar-refractivity contribution in [2.75, 3.05) is 7.11 Å². The van der Waals surface area contributed by atoms with Gasteiger partial charge >= 0.3 is 0 Å². The average molecular weight is 275 g/mol. The minimum Gasteiger partial charge on any atom is -0.496 e. The molecular weight excluding hydrogens is 246 g/mol. The zero-order chi connectivity index (χ0) is 14.5. The molecular formula is C18H29NO. The number of nitrogens with one attached hydrogen (secondary N) is 1. The van der Waals surface area contributed by atoms with Crippen LogP contribution in [0.5, 0.6) is 5.75 Å². The number of benzene rings is 1. The van der Waals surface area contributed by atoms with Gasteiger partial charge in [0.1, 0.15) is 5.75 Å². The third-order valence-electron chi connectivity index (χ3n) is 4.75. The second-order valence-corrected chi connectivity index (χ2v) is 6.19. The van der Waals surface area contributed by atoms with Gasteiger partial charge in [0.15, 0.2) is 0 Å². The lowest BCUT2D eigenvalue weighted by Crippen LogP contribution is -2.39. The smallest absolute Gasteiger partial charge is 0.123 e. The lowest BCUT2D eigenvalue weighted by atomic mass is 9.82. The van der Waals surface area contributed by atoms with Crippen LogP contribution in [0.15, 0.2) is 18.2 Å². The molecule has 0 aromatic heterocycles. The molecule has 1 saturated carbocycles. The van der Waals surface area contributed by atoms with Crippen LogP contribution in [-0.2, 0) is 0 Å². The number of methoxy groups -OCH3 is 1. The van der Waals surface area contributed by atoms with Gasteiger partial charge in [-0.1, -0.05) is 38.3 Å². The number of hydrogen-bond acceptors (Lipinski definition) is 2. The standard InChI is InChI=1S/C18H29NO/c1-5-15-8-6-7-9-17(15)19-14(3)16-11-10-13(2)12-18(16)20-4/h10-12,14-15,17,19H,5-9H2,1-4H3. The molecule has 0 bridgehead atoms. The van der Waals surface area contributed by atoms with E-state index in [0.717, 1.165) is 11.7 Å². The second kappa shape index (κ2) is 7.12. The fraction of sp³-hybridized carbons (Fsp3) is 0.667. The summed E-state index contributed by atoms with van der Waals surface area (Å²) in [7, 11) is 1.76. The third kappa shape index (κ3) is 3.54. The Morgan fingerprint density at radius 2 is 2.05 bits per heavy atom. The van der Waals surface area contributed by atoms with Crippen LogP contribution in [0.25, 0.3) is 0 Å². The molecule has 0 spiro atoms. The monoisotopic (exact) mass is 275 g/mol. The van der Waals surface area contributed by atoms with Crippen LogP contribution in [0.1, 0.15) is 63.1 Å². The second-order valence-electron chi connectivity index (χ2n) is 6.19. The SMILES string of the molecule is CCC1CCCCC1NC(C)c1ccc(C)cc1OC. The maximum atomic E-state index is 5.55. The first-order chi connectivity index (χ1) is 9.65. The van der Waals surface area contributed by atoms with Crippen LogP contribution < -0.4 is 10.1 Å². The van der Waals surface area contributed by atoms with Gasteiger partial charge in [-0.15, -0.1) is 0 Å². The summed E-state index contributed by atoms with van der Waals surface area (Å²) in [5.74, 6) is 1.84. The number of rotatable bonds is 5. The van der Waals surface area contributed by atoms with Gasteiger partial charge in [0.25, 0.3) is 0 Å². The molecule has 1 aliphatic carbocycles. The van der Waals surface area contributed by atoms with Crippen LogP contribution in [0.4, 0.5) is 0 Å². The van der Waals surface area contributed by atoms with Gasteiger partial charge in [-0.2, -0.15) is 0 Å². The molecule has 2 heteroatoms. The largest absolute Gasteiger partial charge is 0.496 e. The van der Waals surface area contributed by atoms with Crippen LogP contribution in [-0.4, -0.2) is 13.2 Å². The zero-order valence-corrected chi connectivity index (χ0v) is 13.4. The van der Waals surface area contributed by atoms with Crippen LogP contribution >= 0.6 is 0 Å². The fourth-order valence-corrected chi connectivity index (χ4v) is 3.50. The molecule has 1 aromatic rings. The van der Waals surface area contributed by atoms with Gasteiger partial charge < -0.3 is 10.1 Å². The molecule has 1 N–H and O–H groups in total. The lowest BCUT2D eigenvalue weighted by molar-refractivity contribution is 0.239. The van der Waals surface area contributed by atoms with E-state index in [2.05, 4.69) is 44.3 Å². The quantitative estimate of drug-likeness (QED) is 0.846. The fourth-order valence-electron chi connectivity index (χ4n) is 3.50. The molecule has 2 nitrogen and oxygen atoms in total. The molecule has 1 aromatic carbocycles. The Labute approximate surface area is 123 Å². The van der Waals surface area contributed by atoms with E-state index in [1.54, 1.807) is 7.11 Å². The Morgan fingerprint density at radius 1 is 1.30 bits per heavy atom. The Kier molecular flexibility index (Phi) is 5.47. The van der Waals surface area contributed by atoms with Gasteiger partial charge in [-0.25, -0.2) is 0 Å². The highest BCUT2D eigenvalue weighted by molar-refractivity contribution is 5.39. The predicted octanol–water partition coefficient (Wildman–Crippen LogP) is 4.62. The van der Waals surface area contributed by atoms with Gasteiger partial charge in [0.2, 0.25) is 0 Å². The zero-order valence-electron chi connectivity index (χ0n) is 13.4. The van der Waals surface area contributed by atoms with Crippen molar-refractivity contribution in [3.63, 3.8) is 0 Å². The molecule has 0 amide bonds. The molecule has 1 fully saturated rings. The Morgan fingerprint density at radius 3 is 2.75 bits per heavy atom. The summed E-state index contributed by atoms with van der Waals surface area (Å²) in [5, 5.41) is 3.85. The summed E-state index contributed by atoms with van der Waals surface area (Å²) in [6.07, 6.45) is 6.75. The van der Waals surface area contributed by atoms with E-state index in [1.807, 2.05) is 0 Å². The first kappa shape index (κ1) is 15.4. The van der Waals surface area contributed by atoms with Crippen molar-refractivity contribution < 1.29 is 4.74 Å². The maximum Gasteiger partial charge on any atom is 0.123 e. The maximum absolute atomic E-state index is 5.55. The molecule has 0 radical (unpaired) electrons. The molecule has 20 heavy (non-hydrogen) atoms. The molecule has 0 aliphatic heterocycles. The van der Waals surface area contributed by atoms with Crippen LogP contribution in [0.2, 0.25) is 0 Å². The van der Waals surface area contributed by atoms with Crippen molar-refractivity contribution in [2.24, 2.45) is 5.92 Å². The summed E-state index contributed by atoms with van der Waals surface area (Å²) in [4.78, 5) is 0. The van der Waals surface area contributed by atoms with E-state index in [1.165, 1.54) is 43.2 Å². The number of aryl methyl sites for hydroxylation is 1. The molecule has 2 rings (SSSR count). The Hall–Kier alpha value is -1.02. The molecule has 0 heterocycles. The molecule has 3 unspecified atom stereocenters. The Balaban J connectivity index is 2.09. The predicted molar refractivity (Wildman–Crippen MR) is 85.3 cm³/mol. The first-order valence-corrected chi connectivity index (χ1v) is 8.06.